The fraction of sp³-hybridized carbons (Fsp3) is 0.300. The van der Waals surface area contributed by atoms with Gasteiger partial charge in [-0.2, -0.15) is 0 Å². The highest BCUT2D eigenvalue weighted by Gasteiger charge is 1.93. The maximum atomic E-state index is 9.86. The van der Waals surface area contributed by atoms with Gasteiger partial charge in [0.2, 0.25) is 6.29 Å². The van der Waals surface area contributed by atoms with Crippen molar-refractivity contribution in [1.29, 1.82) is 0 Å². The molecule has 0 saturated heterocycles. The molecule has 0 fully saturated rings. The van der Waals surface area contributed by atoms with E-state index in [-0.39, 0.29) is 13.0 Å². The average molecular weight is 179 g/mol. The molecular formula is C10H11O3. The molecule has 0 spiro atoms. The molecular weight excluding hydrogens is 168 g/mol. The molecule has 13 heavy (non-hydrogen) atoms. The lowest BCUT2D eigenvalue weighted by Gasteiger charge is -2.03. The first-order valence-electron chi connectivity index (χ1n) is 4.04. The Morgan fingerprint density at radius 2 is 2.00 bits per heavy atom. The van der Waals surface area contributed by atoms with Crippen LogP contribution >= 0.6 is 0 Å². The quantitative estimate of drug-likeness (QED) is 0.687. The van der Waals surface area contributed by atoms with Crippen LogP contribution in [0.3, 0.4) is 0 Å². The molecule has 0 atom stereocenters. The Balaban J connectivity index is 2.44. The monoisotopic (exact) mass is 179 g/mol. The highest BCUT2D eigenvalue weighted by atomic mass is 16.5. The zero-order chi connectivity index (χ0) is 9.52. The van der Waals surface area contributed by atoms with E-state index in [0.717, 1.165) is 5.56 Å². The van der Waals surface area contributed by atoms with Crippen molar-refractivity contribution in [3.63, 3.8) is 0 Å². The topological polar surface area (TPSA) is 46.5 Å². The molecule has 1 radical (unpaired) electrons. The van der Waals surface area contributed by atoms with Crippen LogP contribution in [0, 0.1) is 0 Å². The first-order valence-corrected chi connectivity index (χ1v) is 4.04. The summed E-state index contributed by atoms with van der Waals surface area (Å²) in [7, 11) is 0. The molecule has 1 aromatic carbocycles. The molecule has 0 aliphatic heterocycles. The third kappa shape index (κ3) is 3.25. The predicted octanol–water partition coefficient (Wildman–Crippen LogP) is 1.06. The summed E-state index contributed by atoms with van der Waals surface area (Å²) >= 11 is 0. The van der Waals surface area contributed by atoms with Crippen molar-refractivity contribution in [3.05, 3.63) is 29.8 Å². The van der Waals surface area contributed by atoms with E-state index in [1.54, 1.807) is 30.6 Å². The van der Waals surface area contributed by atoms with Gasteiger partial charge in [0.1, 0.15) is 5.75 Å². The molecule has 0 heterocycles. The third-order valence-corrected chi connectivity index (χ3v) is 1.58. The van der Waals surface area contributed by atoms with Crippen molar-refractivity contribution < 1.29 is 14.6 Å². The van der Waals surface area contributed by atoms with Crippen LogP contribution < -0.4 is 4.74 Å². The summed E-state index contributed by atoms with van der Waals surface area (Å²) in [4.78, 5) is 9.86. The third-order valence-electron chi connectivity index (χ3n) is 1.58. The van der Waals surface area contributed by atoms with Gasteiger partial charge in [0.05, 0.1) is 13.2 Å². The Morgan fingerprint density at radius 3 is 2.54 bits per heavy atom. The number of carbonyl (C=O) groups excluding carboxylic acids is 1. The van der Waals surface area contributed by atoms with Crippen LogP contribution in [0.15, 0.2) is 24.3 Å². The number of benzene rings is 1. The summed E-state index contributed by atoms with van der Waals surface area (Å²) in [5, 5.41) is 8.75. The van der Waals surface area contributed by atoms with Gasteiger partial charge < -0.3 is 9.84 Å². The minimum atomic E-state index is 0.0302. The molecule has 0 bridgehead atoms. The highest BCUT2D eigenvalue weighted by molar-refractivity contribution is 5.50. The second kappa shape index (κ2) is 5.32. The Kier molecular flexibility index (Phi) is 3.99. The summed E-state index contributed by atoms with van der Waals surface area (Å²) in [5.74, 6) is 0.701. The lowest BCUT2D eigenvalue weighted by atomic mass is 10.2. The van der Waals surface area contributed by atoms with Gasteiger partial charge in [0, 0.05) is 6.42 Å². The number of aliphatic hydroxyl groups excluding tert-OH is 1. The first kappa shape index (κ1) is 9.74. The maximum absolute atomic E-state index is 9.86. The number of ether oxygens (including phenoxy) is 1. The molecule has 0 aromatic heterocycles. The zero-order valence-corrected chi connectivity index (χ0v) is 7.19. The predicted molar refractivity (Wildman–Crippen MR) is 48.2 cm³/mol. The molecule has 1 N–H and O–H groups in total. The van der Waals surface area contributed by atoms with Crippen LogP contribution in [0.5, 0.6) is 5.75 Å². The molecule has 0 unspecified atom stereocenters. The molecule has 0 amide bonds. The van der Waals surface area contributed by atoms with Gasteiger partial charge in [-0.25, -0.2) is 0 Å². The molecule has 69 valence electrons. The van der Waals surface area contributed by atoms with Gasteiger partial charge >= 0.3 is 0 Å². The van der Waals surface area contributed by atoms with Crippen molar-refractivity contribution >= 4 is 6.29 Å². The van der Waals surface area contributed by atoms with Crippen molar-refractivity contribution in [2.24, 2.45) is 0 Å². The number of rotatable bonds is 5. The van der Waals surface area contributed by atoms with Crippen molar-refractivity contribution in [3.8, 4) is 5.75 Å². The van der Waals surface area contributed by atoms with Crippen LogP contribution in [0.2, 0.25) is 0 Å². The lowest BCUT2D eigenvalue weighted by molar-refractivity contribution is 0.281. The van der Waals surface area contributed by atoms with E-state index >= 15 is 0 Å². The summed E-state index contributed by atoms with van der Waals surface area (Å²) in [6.45, 7) is 0.379. The standard InChI is InChI=1S/C10H11O3/c11-6-1-7-13-10-4-2-9(8-12)3-5-10/h2-5,12H,1,7-8H2. The Bertz CT molecular complexity index is 253. The SMILES string of the molecule is O=[C]CCOc1ccc(CO)cc1. The van der Waals surface area contributed by atoms with Gasteiger partial charge in [-0.1, -0.05) is 12.1 Å². The van der Waals surface area contributed by atoms with Gasteiger partial charge in [-0.3, -0.25) is 4.79 Å². The van der Waals surface area contributed by atoms with Gasteiger partial charge in [0.25, 0.3) is 0 Å². The second-order valence-electron chi connectivity index (χ2n) is 2.54. The fourth-order valence-electron chi connectivity index (χ4n) is 0.902. The summed E-state index contributed by atoms with van der Waals surface area (Å²) < 4.78 is 5.20. The lowest BCUT2D eigenvalue weighted by Crippen LogP contribution is -1.97. The van der Waals surface area contributed by atoms with Crippen molar-refractivity contribution in [2.45, 2.75) is 13.0 Å². The van der Waals surface area contributed by atoms with Crippen LogP contribution in [0.4, 0.5) is 0 Å². The van der Waals surface area contributed by atoms with Gasteiger partial charge in [-0.05, 0) is 17.7 Å². The van der Waals surface area contributed by atoms with Crippen LogP contribution in [0.1, 0.15) is 12.0 Å². The van der Waals surface area contributed by atoms with E-state index in [2.05, 4.69) is 0 Å². The molecule has 0 aliphatic carbocycles. The molecule has 3 nitrogen and oxygen atoms in total. The minimum Gasteiger partial charge on any atom is -0.493 e. The highest BCUT2D eigenvalue weighted by Crippen LogP contribution is 2.11. The number of aliphatic hydroxyl groups is 1. The molecule has 0 aliphatic rings. The average Bonchev–Trinajstić information content (AvgIpc) is 2.19. The van der Waals surface area contributed by atoms with Crippen LogP contribution in [0.25, 0.3) is 0 Å². The van der Waals surface area contributed by atoms with E-state index in [9.17, 15) is 4.79 Å². The van der Waals surface area contributed by atoms with Crippen molar-refractivity contribution in [1.82, 2.24) is 0 Å². The van der Waals surface area contributed by atoms with E-state index in [4.69, 9.17) is 9.84 Å². The molecule has 1 rings (SSSR count). The van der Waals surface area contributed by atoms with E-state index < -0.39 is 0 Å². The van der Waals surface area contributed by atoms with Crippen molar-refractivity contribution in [2.75, 3.05) is 6.61 Å². The smallest absolute Gasteiger partial charge is 0.201 e. The summed E-state index contributed by atoms with van der Waals surface area (Å²) in [6.07, 6.45) is 2.03. The Hall–Kier alpha value is -1.35. The first-order chi connectivity index (χ1) is 6.36. The summed E-state index contributed by atoms with van der Waals surface area (Å²) in [6, 6.07) is 7.08. The van der Waals surface area contributed by atoms with Gasteiger partial charge in [-0.15, -0.1) is 0 Å². The molecule has 1 aromatic rings. The maximum Gasteiger partial charge on any atom is 0.201 e. The Labute approximate surface area is 77.0 Å². The van der Waals surface area contributed by atoms with Crippen LogP contribution in [-0.2, 0) is 11.4 Å². The fourth-order valence-corrected chi connectivity index (χ4v) is 0.902. The normalized spacial score (nSPS) is 9.62. The Morgan fingerprint density at radius 1 is 1.31 bits per heavy atom. The molecule has 3 heteroatoms. The zero-order valence-electron chi connectivity index (χ0n) is 7.19. The second-order valence-corrected chi connectivity index (χ2v) is 2.54. The van der Waals surface area contributed by atoms with Crippen LogP contribution in [-0.4, -0.2) is 18.0 Å². The molecule has 0 saturated carbocycles. The van der Waals surface area contributed by atoms with E-state index in [1.807, 2.05) is 0 Å². The summed E-state index contributed by atoms with van der Waals surface area (Å²) in [5.41, 5.74) is 0.842. The van der Waals surface area contributed by atoms with E-state index in [1.165, 1.54) is 0 Å². The number of hydrogen-bond acceptors (Lipinski definition) is 3. The minimum absolute atomic E-state index is 0.0302. The van der Waals surface area contributed by atoms with Gasteiger partial charge in [0.15, 0.2) is 0 Å². The van der Waals surface area contributed by atoms with E-state index in [0.29, 0.717) is 12.4 Å². The largest absolute Gasteiger partial charge is 0.493 e. The number of hydrogen-bond donors (Lipinski definition) is 1.